The molecule has 0 amide bonds. The largest absolute Gasteiger partial charge is 0.310 e. The fourth-order valence-electron chi connectivity index (χ4n) is 5.10. The fourth-order valence-corrected chi connectivity index (χ4v) is 6.15. The first-order valence-electron chi connectivity index (χ1n) is 10.3. The van der Waals surface area contributed by atoms with Crippen molar-refractivity contribution in [3.8, 4) is 0 Å². The van der Waals surface area contributed by atoms with E-state index in [1.54, 1.807) is 16.4 Å². The molecule has 0 radical (unpaired) electrons. The van der Waals surface area contributed by atoms with E-state index in [2.05, 4.69) is 17.0 Å². The minimum absolute atomic E-state index is 0.125. The van der Waals surface area contributed by atoms with Gasteiger partial charge in [-0.1, -0.05) is 0 Å². The summed E-state index contributed by atoms with van der Waals surface area (Å²) >= 11 is 1.79. The molecule has 9 heteroatoms. The van der Waals surface area contributed by atoms with Gasteiger partial charge in [-0.05, 0) is 45.4 Å². The lowest BCUT2D eigenvalue weighted by Gasteiger charge is -2.44. The van der Waals surface area contributed by atoms with Crippen molar-refractivity contribution in [3.05, 3.63) is 22.4 Å². The van der Waals surface area contributed by atoms with Crippen LogP contribution < -0.4 is 5.56 Å². The monoisotopic (exact) mass is 421 g/mol. The zero-order chi connectivity index (χ0) is 20.4. The Bertz CT molecular complexity index is 1040. The third kappa shape index (κ3) is 3.21. The summed E-state index contributed by atoms with van der Waals surface area (Å²) in [5, 5.41) is 5.90. The minimum Gasteiger partial charge on any atom is -0.310 e. The highest BCUT2D eigenvalue weighted by Gasteiger charge is 2.48. The van der Waals surface area contributed by atoms with Gasteiger partial charge in [-0.2, -0.15) is 5.10 Å². The number of halogens is 2. The van der Waals surface area contributed by atoms with Gasteiger partial charge in [-0.15, -0.1) is 11.8 Å². The van der Waals surface area contributed by atoms with E-state index in [4.69, 9.17) is 9.98 Å². The van der Waals surface area contributed by atoms with Crippen LogP contribution in [0.2, 0.25) is 0 Å². The molecule has 2 fully saturated rings. The Morgan fingerprint density at radius 1 is 1.24 bits per heavy atom. The van der Waals surface area contributed by atoms with Gasteiger partial charge in [0.2, 0.25) is 5.92 Å². The number of aromatic nitrogens is 4. The van der Waals surface area contributed by atoms with Crippen molar-refractivity contribution < 1.29 is 8.78 Å². The standard InChI is InChI=1S/C20H25F2N5OS/c1-11-26-19(2,10-29-11)15-4-3-13(15)16-24-17-14(18(28)25-16)9-23-27(17)12-5-7-20(21,22)8-6-12/h9,12-13,15H,3-8,10H2,1-2H3,(H,24,25,28)/t13-,15+,19?/m1/s1. The molecule has 2 aromatic rings. The number of aromatic amines is 1. The molecule has 2 aliphatic carbocycles. The average Bonchev–Trinajstić information content (AvgIpc) is 3.18. The first kappa shape index (κ1) is 19.2. The predicted octanol–water partition coefficient (Wildman–Crippen LogP) is 4.29. The molecular weight excluding hydrogens is 396 g/mol. The number of alkyl halides is 2. The summed E-state index contributed by atoms with van der Waals surface area (Å²) < 4.78 is 28.8. The topological polar surface area (TPSA) is 75.9 Å². The van der Waals surface area contributed by atoms with Crippen molar-refractivity contribution in [2.45, 2.75) is 75.8 Å². The Balaban J connectivity index is 1.48. The van der Waals surface area contributed by atoms with Gasteiger partial charge in [0.05, 0.1) is 22.8 Å². The number of nitrogens with one attached hydrogen (secondary N) is 1. The number of thioether (sulfide) groups is 1. The molecular formula is C20H25F2N5OS. The zero-order valence-electron chi connectivity index (χ0n) is 16.6. The van der Waals surface area contributed by atoms with E-state index >= 15 is 0 Å². The highest BCUT2D eigenvalue weighted by atomic mass is 32.2. The second kappa shape index (κ2) is 6.62. The number of aliphatic imine (C=N–C) groups is 1. The lowest BCUT2D eigenvalue weighted by Crippen LogP contribution is -2.44. The molecule has 3 heterocycles. The fraction of sp³-hybridized carbons (Fsp3) is 0.700. The maximum atomic E-state index is 13.6. The van der Waals surface area contributed by atoms with Crippen molar-refractivity contribution in [1.29, 1.82) is 0 Å². The maximum Gasteiger partial charge on any atom is 0.262 e. The molecule has 1 unspecified atom stereocenters. The Kier molecular flexibility index (Phi) is 4.38. The maximum absolute atomic E-state index is 13.6. The van der Waals surface area contributed by atoms with Crippen LogP contribution in [0.1, 0.15) is 70.2 Å². The van der Waals surface area contributed by atoms with Gasteiger partial charge in [0.1, 0.15) is 11.2 Å². The van der Waals surface area contributed by atoms with Crippen LogP contribution in [0.25, 0.3) is 11.0 Å². The lowest BCUT2D eigenvalue weighted by atomic mass is 9.64. The first-order valence-corrected chi connectivity index (χ1v) is 11.3. The highest BCUT2D eigenvalue weighted by molar-refractivity contribution is 8.14. The van der Waals surface area contributed by atoms with Crippen LogP contribution in [0.4, 0.5) is 8.78 Å². The van der Waals surface area contributed by atoms with Gasteiger partial charge >= 0.3 is 0 Å². The van der Waals surface area contributed by atoms with Gasteiger partial charge in [-0.25, -0.2) is 18.4 Å². The Morgan fingerprint density at radius 3 is 2.62 bits per heavy atom. The Morgan fingerprint density at radius 2 is 2.00 bits per heavy atom. The van der Waals surface area contributed by atoms with Crippen molar-refractivity contribution in [1.82, 2.24) is 19.7 Å². The normalized spacial score (nSPS) is 32.3. The summed E-state index contributed by atoms with van der Waals surface area (Å²) in [6, 6.07) is -0.137. The lowest BCUT2D eigenvalue weighted by molar-refractivity contribution is -0.0446. The summed E-state index contributed by atoms with van der Waals surface area (Å²) in [7, 11) is 0. The summed E-state index contributed by atoms with van der Waals surface area (Å²) in [6.07, 6.45) is 3.96. The van der Waals surface area contributed by atoms with E-state index < -0.39 is 5.92 Å². The van der Waals surface area contributed by atoms with Gasteiger partial charge < -0.3 is 4.98 Å². The predicted molar refractivity (Wildman–Crippen MR) is 110 cm³/mol. The van der Waals surface area contributed by atoms with E-state index in [0.717, 1.165) is 23.6 Å². The van der Waals surface area contributed by atoms with E-state index in [-0.39, 0.29) is 35.9 Å². The highest BCUT2D eigenvalue weighted by Crippen LogP contribution is 2.51. The zero-order valence-corrected chi connectivity index (χ0v) is 17.4. The van der Waals surface area contributed by atoms with Crippen molar-refractivity contribution in [3.63, 3.8) is 0 Å². The molecule has 3 atom stereocenters. The second-order valence-corrected chi connectivity index (χ2v) is 10.1. The van der Waals surface area contributed by atoms with Gasteiger partial charge in [-0.3, -0.25) is 9.79 Å². The number of nitrogens with zero attached hydrogens (tertiary/aromatic N) is 4. The average molecular weight is 422 g/mol. The molecule has 0 aromatic carbocycles. The number of hydrogen-bond donors (Lipinski definition) is 1. The third-order valence-corrected chi connectivity index (χ3v) is 8.16. The van der Waals surface area contributed by atoms with E-state index in [1.807, 2.05) is 6.92 Å². The third-order valence-electron chi connectivity index (χ3n) is 6.92. The summed E-state index contributed by atoms with van der Waals surface area (Å²) in [6.45, 7) is 4.23. The van der Waals surface area contributed by atoms with Crippen LogP contribution in [0, 0.1) is 5.92 Å². The molecule has 0 saturated heterocycles. The van der Waals surface area contributed by atoms with E-state index in [9.17, 15) is 13.6 Å². The molecule has 5 rings (SSSR count). The van der Waals surface area contributed by atoms with E-state index in [1.165, 1.54) is 6.20 Å². The van der Waals surface area contributed by atoms with Crippen molar-refractivity contribution in [2.75, 3.05) is 5.75 Å². The van der Waals surface area contributed by atoms with Gasteiger partial charge in [0.25, 0.3) is 5.56 Å². The molecule has 1 N–H and O–H groups in total. The van der Waals surface area contributed by atoms with Crippen molar-refractivity contribution in [2.24, 2.45) is 10.9 Å². The molecule has 3 aliphatic rings. The van der Waals surface area contributed by atoms with Crippen LogP contribution in [0.5, 0.6) is 0 Å². The number of rotatable bonds is 3. The van der Waals surface area contributed by atoms with Crippen LogP contribution >= 0.6 is 11.8 Å². The van der Waals surface area contributed by atoms with Crippen LogP contribution in [-0.4, -0.2) is 42.0 Å². The molecule has 2 saturated carbocycles. The van der Waals surface area contributed by atoms with Crippen LogP contribution in [0.15, 0.2) is 16.0 Å². The quantitative estimate of drug-likeness (QED) is 0.802. The number of fused-ring (bicyclic) bond motifs is 1. The molecule has 1 aliphatic heterocycles. The van der Waals surface area contributed by atoms with Gasteiger partial charge in [0, 0.05) is 24.5 Å². The first-order chi connectivity index (χ1) is 13.8. The summed E-state index contributed by atoms with van der Waals surface area (Å²) in [5.74, 6) is -0.445. The minimum atomic E-state index is -2.60. The number of H-pyrrole nitrogens is 1. The Labute approximate surface area is 171 Å². The second-order valence-electron chi connectivity index (χ2n) is 8.93. The summed E-state index contributed by atoms with van der Waals surface area (Å²) in [5.41, 5.74) is 0.198. The van der Waals surface area contributed by atoms with Gasteiger partial charge in [0.15, 0.2) is 5.65 Å². The smallest absolute Gasteiger partial charge is 0.262 e. The SMILES string of the molecule is CC1=NC(C)([C@H]2CC[C@H]2c2nc3c(cnn3C3CCC(F)(F)CC3)c(=O)[nH]2)CS1. The molecule has 0 bridgehead atoms. The van der Waals surface area contributed by atoms with Crippen LogP contribution in [-0.2, 0) is 0 Å². The molecule has 156 valence electrons. The number of hydrogen-bond acceptors (Lipinski definition) is 5. The molecule has 6 nitrogen and oxygen atoms in total. The molecule has 0 spiro atoms. The molecule has 29 heavy (non-hydrogen) atoms. The van der Waals surface area contributed by atoms with Crippen molar-refractivity contribution >= 4 is 27.8 Å². The summed E-state index contributed by atoms with van der Waals surface area (Å²) in [4.78, 5) is 25.3. The Hall–Kier alpha value is -1.77. The van der Waals surface area contributed by atoms with E-state index in [0.29, 0.717) is 35.6 Å². The molecule has 2 aromatic heterocycles. The van der Waals surface area contributed by atoms with Crippen LogP contribution in [0.3, 0.4) is 0 Å².